The fourth-order valence-corrected chi connectivity index (χ4v) is 2.59. The molecule has 3 aromatic rings. The van der Waals surface area contributed by atoms with Gasteiger partial charge in [-0.3, -0.25) is 0 Å². The molecule has 110 valence electrons. The van der Waals surface area contributed by atoms with Crippen LogP contribution in [0.4, 0.5) is 5.69 Å². The Balaban J connectivity index is 2.03. The topological polar surface area (TPSA) is 56.2 Å². The maximum absolute atomic E-state index is 11.7. The third-order valence-electron chi connectivity index (χ3n) is 3.87. The van der Waals surface area contributed by atoms with E-state index in [9.17, 15) is 4.79 Å². The Morgan fingerprint density at radius 2 is 1.95 bits per heavy atom. The minimum Gasteiger partial charge on any atom is -0.421 e. The molecule has 0 radical (unpaired) electrons. The lowest BCUT2D eigenvalue weighted by atomic mass is 10.0. The van der Waals surface area contributed by atoms with Gasteiger partial charge in [0, 0.05) is 5.39 Å². The lowest BCUT2D eigenvalue weighted by molar-refractivity contribution is 0.563. The van der Waals surface area contributed by atoms with Gasteiger partial charge < -0.3 is 10.2 Å². The second-order valence-corrected chi connectivity index (χ2v) is 5.38. The summed E-state index contributed by atoms with van der Waals surface area (Å²) in [4.78, 5) is 11.7. The molecule has 2 N–H and O–H groups in total. The van der Waals surface area contributed by atoms with Gasteiger partial charge in [-0.2, -0.15) is 0 Å². The van der Waals surface area contributed by atoms with Gasteiger partial charge in [-0.15, -0.1) is 0 Å². The zero-order valence-corrected chi connectivity index (χ0v) is 12.4. The molecular formula is C19H17NO2. The molecule has 3 rings (SSSR count). The summed E-state index contributed by atoms with van der Waals surface area (Å²) in [7, 11) is 0. The average Bonchev–Trinajstić information content (AvgIpc) is 2.53. The van der Waals surface area contributed by atoms with Crippen LogP contribution in [0.1, 0.15) is 22.3 Å². The lowest BCUT2D eigenvalue weighted by Gasteiger charge is -2.07. The second kappa shape index (κ2) is 5.53. The Morgan fingerprint density at radius 3 is 2.73 bits per heavy atom. The minimum absolute atomic E-state index is 0.180. The highest BCUT2D eigenvalue weighted by Crippen LogP contribution is 2.23. The molecule has 0 aliphatic rings. The molecular weight excluding hydrogens is 274 g/mol. The summed E-state index contributed by atoms with van der Waals surface area (Å²) in [6, 6.07) is 14.1. The highest BCUT2D eigenvalue weighted by atomic mass is 16.4. The van der Waals surface area contributed by atoms with Crippen LogP contribution in [-0.2, 0) is 6.42 Å². The van der Waals surface area contributed by atoms with Crippen molar-refractivity contribution in [2.75, 3.05) is 5.73 Å². The van der Waals surface area contributed by atoms with E-state index in [1.165, 1.54) is 5.56 Å². The van der Waals surface area contributed by atoms with E-state index in [4.69, 9.17) is 10.2 Å². The molecule has 0 saturated carbocycles. The van der Waals surface area contributed by atoms with E-state index < -0.39 is 5.63 Å². The van der Waals surface area contributed by atoms with Gasteiger partial charge in [0.15, 0.2) is 0 Å². The van der Waals surface area contributed by atoms with Crippen LogP contribution < -0.4 is 11.4 Å². The van der Waals surface area contributed by atoms with Crippen molar-refractivity contribution in [2.24, 2.45) is 0 Å². The molecule has 0 unspecified atom stereocenters. The molecule has 0 aliphatic carbocycles. The fraction of sp³-hybridized carbons (Fsp3) is 0.105. The zero-order chi connectivity index (χ0) is 15.7. The van der Waals surface area contributed by atoms with Crippen molar-refractivity contribution in [3.63, 3.8) is 0 Å². The van der Waals surface area contributed by atoms with Gasteiger partial charge in [-0.25, -0.2) is 4.79 Å². The van der Waals surface area contributed by atoms with Crippen molar-refractivity contribution in [1.29, 1.82) is 0 Å². The molecule has 2 aromatic carbocycles. The second-order valence-electron chi connectivity index (χ2n) is 5.38. The van der Waals surface area contributed by atoms with Crippen LogP contribution in [0.5, 0.6) is 0 Å². The van der Waals surface area contributed by atoms with Gasteiger partial charge in [0.25, 0.3) is 0 Å². The van der Waals surface area contributed by atoms with Crippen LogP contribution >= 0.6 is 0 Å². The van der Waals surface area contributed by atoms with E-state index in [1.807, 2.05) is 43.3 Å². The van der Waals surface area contributed by atoms with E-state index in [2.05, 4.69) is 18.7 Å². The van der Waals surface area contributed by atoms with E-state index in [0.717, 1.165) is 28.5 Å². The monoisotopic (exact) mass is 291 g/mol. The van der Waals surface area contributed by atoms with Crippen molar-refractivity contribution in [2.45, 2.75) is 13.3 Å². The molecule has 0 amide bonds. The Labute approximate surface area is 128 Å². The number of aryl methyl sites for hydroxylation is 1. The summed E-state index contributed by atoms with van der Waals surface area (Å²) in [5.41, 5.74) is 10.1. The van der Waals surface area contributed by atoms with Gasteiger partial charge >= 0.3 is 5.63 Å². The van der Waals surface area contributed by atoms with Crippen molar-refractivity contribution in [3.05, 3.63) is 81.7 Å². The Kier molecular flexibility index (Phi) is 3.55. The van der Waals surface area contributed by atoms with E-state index in [-0.39, 0.29) is 5.69 Å². The first-order chi connectivity index (χ1) is 10.6. The van der Waals surface area contributed by atoms with Crippen molar-refractivity contribution >= 4 is 22.7 Å². The number of fused-ring (bicyclic) bond motifs is 1. The molecule has 3 nitrogen and oxygen atoms in total. The molecule has 0 atom stereocenters. The SMILES string of the molecule is C=Cc1cccc(Cc2ccc3c(C)c(N)c(=O)oc3c2)c1. The number of hydrogen-bond donors (Lipinski definition) is 1. The molecule has 1 heterocycles. The van der Waals surface area contributed by atoms with Crippen molar-refractivity contribution in [1.82, 2.24) is 0 Å². The number of nitrogens with two attached hydrogens (primary N) is 1. The summed E-state index contributed by atoms with van der Waals surface area (Å²) < 4.78 is 5.30. The van der Waals surface area contributed by atoms with Gasteiger partial charge in [0.05, 0.1) is 0 Å². The van der Waals surface area contributed by atoms with Crippen LogP contribution in [0.2, 0.25) is 0 Å². The molecule has 0 saturated heterocycles. The van der Waals surface area contributed by atoms with Crippen molar-refractivity contribution < 1.29 is 4.42 Å². The number of nitrogen functional groups attached to an aromatic ring is 1. The summed E-state index contributed by atoms with van der Waals surface area (Å²) in [5.74, 6) is 0. The zero-order valence-electron chi connectivity index (χ0n) is 12.4. The third-order valence-corrected chi connectivity index (χ3v) is 3.87. The van der Waals surface area contributed by atoms with E-state index in [1.54, 1.807) is 0 Å². The summed E-state index contributed by atoms with van der Waals surface area (Å²) in [5, 5.41) is 0.876. The molecule has 22 heavy (non-hydrogen) atoms. The van der Waals surface area contributed by atoms with Crippen LogP contribution in [0.3, 0.4) is 0 Å². The molecule has 0 fully saturated rings. The van der Waals surface area contributed by atoms with Crippen LogP contribution in [0.25, 0.3) is 17.0 Å². The maximum atomic E-state index is 11.7. The Bertz CT molecular complexity index is 922. The maximum Gasteiger partial charge on any atom is 0.359 e. The molecule has 0 bridgehead atoms. The van der Waals surface area contributed by atoms with Crippen LogP contribution in [0.15, 0.2) is 58.3 Å². The highest BCUT2D eigenvalue weighted by molar-refractivity contribution is 5.84. The summed E-state index contributed by atoms with van der Waals surface area (Å²) >= 11 is 0. The number of benzene rings is 2. The van der Waals surface area contributed by atoms with Crippen molar-refractivity contribution in [3.8, 4) is 0 Å². The Hall–Kier alpha value is -2.81. The molecule has 1 aromatic heterocycles. The Morgan fingerprint density at radius 1 is 1.18 bits per heavy atom. The number of rotatable bonds is 3. The number of hydrogen-bond acceptors (Lipinski definition) is 3. The fourth-order valence-electron chi connectivity index (χ4n) is 2.59. The van der Waals surface area contributed by atoms with Gasteiger partial charge in [-0.1, -0.05) is 49.1 Å². The average molecular weight is 291 g/mol. The lowest BCUT2D eigenvalue weighted by Crippen LogP contribution is -2.08. The molecule has 3 heteroatoms. The van der Waals surface area contributed by atoms with Crippen LogP contribution in [-0.4, -0.2) is 0 Å². The van der Waals surface area contributed by atoms with Gasteiger partial charge in [-0.05, 0) is 41.7 Å². The largest absolute Gasteiger partial charge is 0.421 e. The minimum atomic E-state index is -0.476. The quantitative estimate of drug-likeness (QED) is 0.744. The van der Waals surface area contributed by atoms with E-state index in [0.29, 0.717) is 5.58 Å². The normalized spacial score (nSPS) is 10.8. The molecule has 0 spiro atoms. The molecule has 0 aliphatic heterocycles. The predicted octanol–water partition coefficient (Wildman–Crippen LogP) is 3.92. The predicted molar refractivity (Wildman–Crippen MR) is 91.0 cm³/mol. The standard InChI is InChI=1S/C19H17NO2/c1-3-13-5-4-6-14(9-13)10-15-7-8-16-12(2)18(20)19(21)22-17(16)11-15/h3-9,11H,1,10,20H2,2H3. The summed E-state index contributed by atoms with van der Waals surface area (Å²) in [6.45, 7) is 5.62. The summed E-state index contributed by atoms with van der Waals surface area (Å²) in [6.07, 6.45) is 2.60. The van der Waals surface area contributed by atoms with E-state index >= 15 is 0 Å². The van der Waals surface area contributed by atoms with Crippen LogP contribution in [0, 0.1) is 6.92 Å². The third kappa shape index (κ3) is 2.53. The first-order valence-corrected chi connectivity index (χ1v) is 7.11. The highest BCUT2D eigenvalue weighted by Gasteiger charge is 2.09. The van der Waals surface area contributed by atoms with Gasteiger partial charge in [0.1, 0.15) is 11.3 Å². The van der Waals surface area contributed by atoms with Gasteiger partial charge in [0.2, 0.25) is 0 Å². The smallest absolute Gasteiger partial charge is 0.359 e. The number of anilines is 1. The first kappa shape index (κ1) is 14.1. The first-order valence-electron chi connectivity index (χ1n) is 7.11.